The molecule has 0 saturated heterocycles. The Labute approximate surface area is 106 Å². The van der Waals surface area contributed by atoms with Crippen molar-refractivity contribution < 1.29 is 14.3 Å². The van der Waals surface area contributed by atoms with E-state index in [9.17, 15) is 4.79 Å². The van der Waals surface area contributed by atoms with Crippen LogP contribution in [0.15, 0.2) is 18.2 Å². The van der Waals surface area contributed by atoms with E-state index >= 15 is 0 Å². The van der Waals surface area contributed by atoms with Crippen LogP contribution in [0.25, 0.3) is 0 Å². The second-order valence-corrected chi connectivity index (χ2v) is 3.77. The lowest BCUT2D eigenvalue weighted by Crippen LogP contribution is -2.13. The molecular weight excluding hydrogens is 242 g/mol. The first-order valence-electron chi connectivity index (χ1n) is 5.25. The number of amides is 1. The van der Waals surface area contributed by atoms with Crippen LogP contribution in [0, 0.1) is 6.92 Å². The third-order valence-corrected chi connectivity index (χ3v) is 2.39. The highest BCUT2D eigenvalue weighted by Crippen LogP contribution is 2.21. The van der Waals surface area contributed by atoms with Gasteiger partial charge in [-0.3, -0.25) is 4.79 Å². The lowest BCUT2D eigenvalue weighted by molar-refractivity contribution is -0.113. The Morgan fingerprint density at radius 3 is 2.76 bits per heavy atom. The molecule has 0 fully saturated rings. The summed E-state index contributed by atoms with van der Waals surface area (Å²) in [6.45, 7) is 2.94. The van der Waals surface area contributed by atoms with Gasteiger partial charge in [0.05, 0.1) is 6.61 Å². The van der Waals surface area contributed by atoms with Gasteiger partial charge in [-0.25, -0.2) is 0 Å². The summed E-state index contributed by atoms with van der Waals surface area (Å²) in [5, 5.41) is 2.70. The summed E-state index contributed by atoms with van der Waals surface area (Å²) in [6, 6.07) is 5.45. The van der Waals surface area contributed by atoms with Gasteiger partial charge in [-0.05, 0) is 30.7 Å². The molecule has 1 N–H and O–H groups in total. The molecule has 0 spiro atoms. The molecule has 0 heterocycles. The fourth-order valence-corrected chi connectivity index (χ4v) is 1.36. The number of benzene rings is 1. The van der Waals surface area contributed by atoms with Crippen molar-refractivity contribution in [3.05, 3.63) is 23.8 Å². The molecule has 0 radical (unpaired) electrons. The van der Waals surface area contributed by atoms with Crippen molar-refractivity contribution in [1.82, 2.24) is 0 Å². The normalized spacial score (nSPS) is 10.1. The van der Waals surface area contributed by atoms with Crippen molar-refractivity contribution in [1.29, 1.82) is 0 Å². The number of anilines is 1. The molecule has 0 aromatic heterocycles. The first-order valence-corrected chi connectivity index (χ1v) is 5.79. The summed E-state index contributed by atoms with van der Waals surface area (Å²) in [5.41, 5.74) is 1.67. The minimum absolute atomic E-state index is 0.0501. The number of carbonyl (C=O) groups excluding carboxylic acids is 1. The number of nitrogens with one attached hydrogen (secondary N) is 1. The number of rotatable bonds is 6. The van der Waals surface area contributed by atoms with Crippen LogP contribution in [-0.4, -0.2) is 32.1 Å². The van der Waals surface area contributed by atoms with Gasteiger partial charge in [0.15, 0.2) is 0 Å². The highest BCUT2D eigenvalue weighted by molar-refractivity contribution is 6.29. The lowest BCUT2D eigenvalue weighted by atomic mass is 10.2. The van der Waals surface area contributed by atoms with Gasteiger partial charge in [-0.2, -0.15) is 0 Å². The van der Waals surface area contributed by atoms with E-state index in [2.05, 4.69) is 5.32 Å². The predicted octanol–water partition coefficient (Wildman–Crippen LogP) is 2.20. The van der Waals surface area contributed by atoms with Gasteiger partial charge in [0.25, 0.3) is 0 Å². The summed E-state index contributed by atoms with van der Waals surface area (Å²) in [4.78, 5) is 11.1. The van der Waals surface area contributed by atoms with E-state index in [0.717, 1.165) is 17.0 Å². The van der Waals surface area contributed by atoms with E-state index < -0.39 is 0 Å². The zero-order chi connectivity index (χ0) is 12.7. The van der Waals surface area contributed by atoms with Gasteiger partial charge in [0, 0.05) is 12.8 Å². The van der Waals surface area contributed by atoms with Crippen molar-refractivity contribution in [2.45, 2.75) is 6.92 Å². The van der Waals surface area contributed by atoms with Crippen LogP contribution in [0.5, 0.6) is 5.75 Å². The van der Waals surface area contributed by atoms with Crippen LogP contribution in [0.4, 0.5) is 5.69 Å². The summed E-state index contributed by atoms with van der Waals surface area (Å²) in [6.07, 6.45) is 0. The number of hydrogen-bond acceptors (Lipinski definition) is 3. The maximum atomic E-state index is 11.1. The summed E-state index contributed by atoms with van der Waals surface area (Å²) < 4.78 is 10.3. The highest BCUT2D eigenvalue weighted by Gasteiger charge is 2.04. The second-order valence-electron chi connectivity index (χ2n) is 3.50. The zero-order valence-electron chi connectivity index (χ0n) is 9.96. The highest BCUT2D eigenvalue weighted by atomic mass is 35.5. The smallest absolute Gasteiger partial charge is 0.239 e. The van der Waals surface area contributed by atoms with E-state index in [1.165, 1.54) is 0 Å². The molecule has 17 heavy (non-hydrogen) atoms. The van der Waals surface area contributed by atoms with Crippen molar-refractivity contribution >= 4 is 23.2 Å². The maximum absolute atomic E-state index is 11.1. The number of ether oxygens (including phenoxy) is 2. The van der Waals surface area contributed by atoms with Gasteiger partial charge in [-0.15, -0.1) is 11.6 Å². The third-order valence-electron chi connectivity index (χ3n) is 2.15. The summed E-state index contributed by atoms with van der Waals surface area (Å²) >= 11 is 5.42. The number of methoxy groups -OCH3 is 1. The standard InChI is InChI=1S/C12H16ClNO3/c1-9-7-10(17-6-5-16-2)3-4-11(9)14-12(15)8-13/h3-4,7H,5-6,8H2,1-2H3,(H,14,15). The molecule has 0 aliphatic carbocycles. The molecule has 0 unspecified atom stereocenters. The fourth-order valence-electron chi connectivity index (χ4n) is 1.29. The SMILES string of the molecule is COCCOc1ccc(NC(=O)CCl)c(C)c1. The number of hydrogen-bond donors (Lipinski definition) is 1. The molecule has 1 aromatic carbocycles. The van der Waals surface area contributed by atoms with E-state index in [-0.39, 0.29) is 11.8 Å². The second kappa shape index (κ2) is 7.14. The van der Waals surface area contributed by atoms with Crippen molar-refractivity contribution in [3.8, 4) is 5.75 Å². The minimum Gasteiger partial charge on any atom is -0.491 e. The van der Waals surface area contributed by atoms with Crippen LogP contribution < -0.4 is 10.1 Å². The fraction of sp³-hybridized carbons (Fsp3) is 0.417. The van der Waals surface area contributed by atoms with Gasteiger partial charge < -0.3 is 14.8 Å². The molecular formula is C12H16ClNO3. The first-order chi connectivity index (χ1) is 8.17. The molecule has 0 aliphatic rings. The Hall–Kier alpha value is -1.26. The van der Waals surface area contributed by atoms with Gasteiger partial charge >= 0.3 is 0 Å². The lowest BCUT2D eigenvalue weighted by Gasteiger charge is -2.10. The predicted molar refractivity (Wildman–Crippen MR) is 67.9 cm³/mol. The van der Waals surface area contributed by atoms with Crippen LogP contribution >= 0.6 is 11.6 Å². The first kappa shape index (κ1) is 13.8. The molecule has 1 amide bonds. The van der Waals surface area contributed by atoms with E-state index in [1.807, 2.05) is 13.0 Å². The van der Waals surface area contributed by atoms with Crippen LogP contribution in [0.2, 0.25) is 0 Å². The van der Waals surface area contributed by atoms with Gasteiger partial charge in [-0.1, -0.05) is 0 Å². The van der Waals surface area contributed by atoms with Crippen LogP contribution in [0.3, 0.4) is 0 Å². The summed E-state index contributed by atoms with van der Waals surface area (Å²) in [7, 11) is 1.62. The Balaban J connectivity index is 2.62. The topological polar surface area (TPSA) is 47.6 Å². The third kappa shape index (κ3) is 4.63. The summed E-state index contributed by atoms with van der Waals surface area (Å²) in [5.74, 6) is 0.483. The molecule has 1 aromatic rings. The van der Waals surface area contributed by atoms with E-state index in [0.29, 0.717) is 13.2 Å². The van der Waals surface area contributed by atoms with Gasteiger partial charge in [0.2, 0.25) is 5.91 Å². The number of alkyl halides is 1. The Bertz CT molecular complexity index is 382. The Kier molecular flexibility index (Phi) is 5.80. The molecule has 5 heteroatoms. The minimum atomic E-state index is -0.220. The molecule has 0 atom stereocenters. The molecule has 1 rings (SSSR count). The van der Waals surface area contributed by atoms with Crippen molar-refractivity contribution in [3.63, 3.8) is 0 Å². The molecule has 0 saturated carbocycles. The van der Waals surface area contributed by atoms with Crippen molar-refractivity contribution in [2.24, 2.45) is 0 Å². The van der Waals surface area contributed by atoms with Crippen LogP contribution in [0.1, 0.15) is 5.56 Å². The number of halogens is 1. The number of carbonyl (C=O) groups is 1. The Morgan fingerprint density at radius 2 is 2.18 bits per heavy atom. The average molecular weight is 258 g/mol. The zero-order valence-corrected chi connectivity index (χ0v) is 10.7. The monoisotopic (exact) mass is 257 g/mol. The van der Waals surface area contributed by atoms with Crippen molar-refractivity contribution in [2.75, 3.05) is 31.5 Å². The maximum Gasteiger partial charge on any atom is 0.239 e. The van der Waals surface area contributed by atoms with Crippen LogP contribution in [-0.2, 0) is 9.53 Å². The largest absolute Gasteiger partial charge is 0.491 e. The number of aryl methyl sites for hydroxylation is 1. The molecule has 4 nitrogen and oxygen atoms in total. The quantitative estimate of drug-likeness (QED) is 0.628. The van der Waals surface area contributed by atoms with E-state index in [1.54, 1.807) is 19.2 Å². The molecule has 94 valence electrons. The average Bonchev–Trinajstić information content (AvgIpc) is 2.32. The Morgan fingerprint density at radius 1 is 1.41 bits per heavy atom. The van der Waals surface area contributed by atoms with E-state index in [4.69, 9.17) is 21.1 Å². The molecule has 0 bridgehead atoms. The van der Waals surface area contributed by atoms with Gasteiger partial charge in [0.1, 0.15) is 18.2 Å². The molecule has 0 aliphatic heterocycles.